The van der Waals surface area contributed by atoms with Gasteiger partial charge >= 0.3 is 0 Å². The minimum Gasteiger partial charge on any atom is -0.302 e. The zero-order valence-electron chi connectivity index (χ0n) is 16.8. The summed E-state index contributed by atoms with van der Waals surface area (Å²) in [5, 5.41) is 4.86. The molecule has 29 heavy (non-hydrogen) atoms. The lowest BCUT2D eigenvalue weighted by Crippen LogP contribution is -2.41. The smallest absolute Gasteiger partial charge is 0.258 e. The molecule has 6 nitrogen and oxygen atoms in total. The van der Waals surface area contributed by atoms with Crippen molar-refractivity contribution in [1.82, 2.24) is 15.1 Å². The molecule has 2 aromatic carbocycles. The van der Waals surface area contributed by atoms with E-state index < -0.39 is 5.92 Å². The maximum atomic E-state index is 13.2. The number of halogens is 1. The molecule has 2 aliphatic rings. The first kappa shape index (κ1) is 19.5. The Morgan fingerprint density at radius 1 is 0.862 bits per heavy atom. The van der Waals surface area contributed by atoms with Gasteiger partial charge in [-0.1, -0.05) is 24.3 Å². The van der Waals surface area contributed by atoms with Gasteiger partial charge in [-0.15, -0.1) is 0 Å². The molecule has 0 radical (unpaired) electrons. The van der Waals surface area contributed by atoms with Crippen LogP contribution in [0.2, 0.25) is 0 Å². The molecule has 0 bridgehead atoms. The lowest BCUT2D eigenvalue weighted by molar-refractivity contribution is -0.145. The largest absolute Gasteiger partial charge is 0.302 e. The third-order valence-electron chi connectivity index (χ3n) is 5.73. The Labute approximate surface area is 169 Å². The molecule has 0 saturated carbocycles. The molecule has 2 aromatic rings. The summed E-state index contributed by atoms with van der Waals surface area (Å²) >= 11 is 0. The van der Waals surface area contributed by atoms with E-state index in [4.69, 9.17) is 4.84 Å². The number of carbonyl (C=O) groups excluding carboxylic acids is 2. The average molecular weight is 397 g/mol. The fourth-order valence-electron chi connectivity index (χ4n) is 4.30. The van der Waals surface area contributed by atoms with Crippen molar-refractivity contribution < 1.29 is 18.8 Å². The zero-order chi connectivity index (χ0) is 20.7. The quantitative estimate of drug-likeness (QED) is 0.748. The van der Waals surface area contributed by atoms with Crippen molar-refractivity contribution in [3.05, 3.63) is 58.9 Å². The molecule has 4 rings (SSSR count). The summed E-state index contributed by atoms with van der Waals surface area (Å²) in [6, 6.07) is 10.2. The normalized spacial score (nSPS) is 18.3. The number of hydrogen-bond donors (Lipinski definition) is 0. The maximum Gasteiger partial charge on any atom is 0.258 e. The minimum atomic E-state index is -0.814. The zero-order valence-corrected chi connectivity index (χ0v) is 16.8. The molecule has 2 saturated heterocycles. The Hall–Kier alpha value is -2.77. The highest BCUT2D eigenvalue weighted by Crippen LogP contribution is 2.36. The number of amides is 2. The van der Waals surface area contributed by atoms with Gasteiger partial charge < -0.3 is 4.84 Å². The molecule has 0 atom stereocenters. The van der Waals surface area contributed by atoms with Crippen molar-refractivity contribution >= 4 is 11.8 Å². The lowest BCUT2D eigenvalue weighted by Gasteiger charge is -2.23. The molecule has 0 aromatic heterocycles. The first-order chi connectivity index (χ1) is 13.9. The molecule has 2 amide bonds. The monoisotopic (exact) mass is 397 g/mol. The van der Waals surface area contributed by atoms with Crippen molar-refractivity contribution in [1.29, 1.82) is 0 Å². The second kappa shape index (κ2) is 7.57. The van der Waals surface area contributed by atoms with Gasteiger partial charge in [0, 0.05) is 13.1 Å². The Morgan fingerprint density at radius 3 is 1.86 bits per heavy atom. The van der Waals surface area contributed by atoms with Gasteiger partial charge in [0.1, 0.15) is 11.7 Å². The van der Waals surface area contributed by atoms with Crippen molar-refractivity contribution in [2.24, 2.45) is 0 Å². The molecule has 0 spiro atoms. The maximum absolute atomic E-state index is 13.2. The first-order valence-electron chi connectivity index (χ1n) is 9.69. The van der Waals surface area contributed by atoms with Crippen LogP contribution in [0, 0.1) is 19.7 Å². The van der Waals surface area contributed by atoms with Gasteiger partial charge in [-0.25, -0.2) is 14.4 Å². The number of benzene rings is 2. The van der Waals surface area contributed by atoms with Gasteiger partial charge in [0.2, 0.25) is 0 Å². The number of hydrogen-bond acceptors (Lipinski definition) is 4. The number of hydroxylamine groups is 2. The van der Waals surface area contributed by atoms with Crippen LogP contribution in [0.1, 0.15) is 22.6 Å². The molecule has 0 N–H and O–H groups in total. The molecule has 152 valence electrons. The van der Waals surface area contributed by atoms with Crippen LogP contribution in [0.5, 0.6) is 0 Å². The fraction of sp³-hybridized carbons (Fsp3) is 0.364. The summed E-state index contributed by atoms with van der Waals surface area (Å²) in [4.78, 5) is 31.6. The van der Waals surface area contributed by atoms with E-state index in [0.29, 0.717) is 26.2 Å². The predicted octanol–water partition coefficient (Wildman–Crippen LogP) is 2.66. The van der Waals surface area contributed by atoms with Crippen molar-refractivity contribution in [3.63, 3.8) is 0 Å². The van der Waals surface area contributed by atoms with Gasteiger partial charge in [0.05, 0.1) is 20.2 Å². The number of hydrazine groups is 1. The van der Waals surface area contributed by atoms with Gasteiger partial charge in [-0.05, 0) is 53.8 Å². The van der Waals surface area contributed by atoms with Gasteiger partial charge in [0.15, 0.2) is 0 Å². The minimum absolute atomic E-state index is 0.186. The Bertz CT molecular complexity index is 911. The van der Waals surface area contributed by atoms with E-state index in [1.807, 2.05) is 26.0 Å². The van der Waals surface area contributed by atoms with E-state index >= 15 is 0 Å². The topological polar surface area (TPSA) is 53.1 Å². The second-order valence-electron chi connectivity index (χ2n) is 7.50. The summed E-state index contributed by atoms with van der Waals surface area (Å²) in [6.45, 7) is 5.78. The molecular weight excluding hydrogens is 373 g/mol. The summed E-state index contributed by atoms with van der Waals surface area (Å²) in [5.74, 6) is -1.47. The number of aryl methyl sites for hydroxylation is 2. The predicted molar refractivity (Wildman–Crippen MR) is 106 cm³/mol. The molecule has 0 unspecified atom stereocenters. The number of nitrogens with zero attached hydrogens (tertiary/aromatic N) is 3. The first-order valence-corrected chi connectivity index (χ1v) is 9.69. The number of carbonyl (C=O) groups is 2. The lowest BCUT2D eigenvalue weighted by atomic mass is 9.87. The van der Waals surface area contributed by atoms with E-state index in [9.17, 15) is 14.0 Å². The molecule has 2 heterocycles. The summed E-state index contributed by atoms with van der Waals surface area (Å²) in [6.07, 6.45) is 0. The third-order valence-corrected chi connectivity index (χ3v) is 5.73. The Morgan fingerprint density at radius 2 is 1.38 bits per heavy atom. The van der Waals surface area contributed by atoms with E-state index in [0.717, 1.165) is 27.8 Å². The van der Waals surface area contributed by atoms with E-state index in [2.05, 4.69) is 0 Å². The van der Waals surface area contributed by atoms with Crippen molar-refractivity contribution in [3.8, 4) is 11.1 Å². The third kappa shape index (κ3) is 3.41. The standard InChI is InChI=1S/C22H24FN3O3/c1-14-12-17(16-4-6-18(23)7-5-16)13-15(2)19(14)20-21(27)25-10-8-24(29-3)9-11-26(25)22(20)28/h4-7,12-13,20H,8-11H2,1-3H3. The highest BCUT2D eigenvalue weighted by molar-refractivity contribution is 6.10. The van der Waals surface area contributed by atoms with Crippen LogP contribution < -0.4 is 0 Å². The fourth-order valence-corrected chi connectivity index (χ4v) is 4.30. The summed E-state index contributed by atoms with van der Waals surface area (Å²) < 4.78 is 13.2. The number of fused-ring (bicyclic) bond motifs is 1. The van der Waals surface area contributed by atoms with Crippen LogP contribution in [0.15, 0.2) is 36.4 Å². The highest BCUT2D eigenvalue weighted by Gasteiger charge is 2.48. The summed E-state index contributed by atoms with van der Waals surface area (Å²) in [5.41, 5.74) is 4.36. The van der Waals surface area contributed by atoms with Crippen molar-refractivity contribution in [2.75, 3.05) is 33.3 Å². The highest BCUT2D eigenvalue weighted by atomic mass is 19.1. The van der Waals surface area contributed by atoms with Crippen LogP contribution in [0.4, 0.5) is 4.39 Å². The van der Waals surface area contributed by atoms with Gasteiger partial charge in [-0.3, -0.25) is 9.59 Å². The summed E-state index contributed by atoms with van der Waals surface area (Å²) in [7, 11) is 1.59. The number of rotatable bonds is 3. The molecule has 0 aliphatic carbocycles. The van der Waals surface area contributed by atoms with Gasteiger partial charge in [0.25, 0.3) is 11.8 Å². The van der Waals surface area contributed by atoms with Gasteiger partial charge in [-0.2, -0.15) is 5.06 Å². The average Bonchev–Trinajstić information content (AvgIpc) is 2.85. The van der Waals surface area contributed by atoms with E-state index in [1.165, 1.54) is 12.1 Å². The molecular formula is C22H24FN3O3. The van der Waals surface area contributed by atoms with Crippen LogP contribution >= 0.6 is 0 Å². The Kier molecular flexibility index (Phi) is 5.10. The molecule has 7 heteroatoms. The van der Waals surface area contributed by atoms with Crippen LogP contribution in [-0.2, 0) is 14.4 Å². The Balaban J connectivity index is 1.67. The van der Waals surface area contributed by atoms with E-state index in [-0.39, 0.29) is 17.6 Å². The second-order valence-corrected chi connectivity index (χ2v) is 7.50. The molecule has 2 fully saturated rings. The van der Waals surface area contributed by atoms with Crippen LogP contribution in [0.3, 0.4) is 0 Å². The van der Waals surface area contributed by atoms with Crippen molar-refractivity contribution in [2.45, 2.75) is 19.8 Å². The van der Waals surface area contributed by atoms with Crippen LogP contribution in [0.25, 0.3) is 11.1 Å². The molecule has 2 aliphatic heterocycles. The van der Waals surface area contributed by atoms with E-state index in [1.54, 1.807) is 34.3 Å². The SMILES string of the molecule is CON1CCN2C(=O)C(c3c(C)cc(-c4ccc(F)cc4)cc3C)C(=O)N2CC1. The van der Waals surface area contributed by atoms with Crippen LogP contribution in [-0.4, -0.2) is 60.2 Å².